The number of nitrogens with zero attached hydrogens (tertiary/aromatic N) is 1. The van der Waals surface area contributed by atoms with Gasteiger partial charge < -0.3 is 10.5 Å². The molecule has 0 atom stereocenters. The highest BCUT2D eigenvalue weighted by Gasteiger charge is 2.29. The number of piperidine rings is 1. The van der Waals surface area contributed by atoms with E-state index in [9.17, 15) is 8.42 Å². The fourth-order valence-electron chi connectivity index (χ4n) is 2.48. The number of ether oxygens (including phenoxy) is 1. The van der Waals surface area contributed by atoms with Crippen LogP contribution in [-0.2, 0) is 21.3 Å². The number of rotatable bonds is 5. The van der Waals surface area contributed by atoms with Gasteiger partial charge >= 0.3 is 0 Å². The number of hydrogen-bond acceptors (Lipinski definition) is 4. The summed E-state index contributed by atoms with van der Waals surface area (Å²) in [7, 11) is -3.50. The standard InChI is InChI=1S/C14H21ClN2O3S/c1-2-20-12-5-7-17(8-6-12)21(18,19)13-4-3-11(10-16)14(15)9-13/h3-4,9,12H,2,5-8,10,16H2,1H3. The van der Waals surface area contributed by atoms with Gasteiger partial charge in [-0.25, -0.2) is 8.42 Å². The van der Waals surface area contributed by atoms with Gasteiger partial charge in [-0.15, -0.1) is 0 Å². The van der Waals surface area contributed by atoms with Gasteiger partial charge in [0, 0.05) is 31.3 Å². The molecule has 2 rings (SSSR count). The molecule has 2 N–H and O–H groups in total. The Balaban J connectivity index is 2.14. The molecule has 0 bridgehead atoms. The van der Waals surface area contributed by atoms with E-state index in [1.54, 1.807) is 12.1 Å². The topological polar surface area (TPSA) is 72.6 Å². The summed E-state index contributed by atoms with van der Waals surface area (Å²) in [4.78, 5) is 0.222. The molecule has 1 aromatic carbocycles. The smallest absolute Gasteiger partial charge is 0.243 e. The Morgan fingerprint density at radius 3 is 2.57 bits per heavy atom. The molecule has 0 amide bonds. The summed E-state index contributed by atoms with van der Waals surface area (Å²) >= 11 is 6.06. The van der Waals surface area contributed by atoms with E-state index in [4.69, 9.17) is 22.1 Å². The number of hydrogen-bond donors (Lipinski definition) is 1. The number of benzene rings is 1. The van der Waals surface area contributed by atoms with Gasteiger partial charge in [-0.2, -0.15) is 4.31 Å². The van der Waals surface area contributed by atoms with Crippen LogP contribution in [0.15, 0.2) is 23.1 Å². The minimum Gasteiger partial charge on any atom is -0.378 e. The van der Waals surface area contributed by atoms with Crippen molar-refractivity contribution in [3.05, 3.63) is 28.8 Å². The lowest BCUT2D eigenvalue weighted by Gasteiger charge is -2.31. The molecule has 1 aliphatic rings. The molecule has 1 aromatic rings. The van der Waals surface area contributed by atoms with E-state index in [1.807, 2.05) is 6.92 Å². The predicted octanol–water partition coefficient (Wildman–Crippen LogP) is 1.99. The molecular weight excluding hydrogens is 312 g/mol. The molecule has 1 heterocycles. The summed E-state index contributed by atoms with van der Waals surface area (Å²) in [5, 5.41) is 0.391. The summed E-state index contributed by atoms with van der Waals surface area (Å²) in [5.74, 6) is 0. The average Bonchev–Trinajstić information content (AvgIpc) is 2.48. The maximum Gasteiger partial charge on any atom is 0.243 e. The fourth-order valence-corrected chi connectivity index (χ4v) is 4.30. The number of nitrogens with two attached hydrogens (primary N) is 1. The lowest BCUT2D eigenvalue weighted by atomic mass is 10.1. The highest BCUT2D eigenvalue weighted by Crippen LogP contribution is 2.25. The maximum absolute atomic E-state index is 12.6. The molecular formula is C14H21ClN2O3S. The van der Waals surface area contributed by atoms with Crippen LogP contribution in [0.1, 0.15) is 25.3 Å². The van der Waals surface area contributed by atoms with Gasteiger partial charge in [-0.05, 0) is 37.5 Å². The Kier molecular flexibility index (Phi) is 5.62. The van der Waals surface area contributed by atoms with Crippen LogP contribution in [0.4, 0.5) is 0 Å². The van der Waals surface area contributed by atoms with Crippen LogP contribution in [0.25, 0.3) is 0 Å². The van der Waals surface area contributed by atoms with Gasteiger partial charge in [0.2, 0.25) is 10.0 Å². The van der Waals surface area contributed by atoms with Crippen molar-refractivity contribution in [2.24, 2.45) is 5.73 Å². The van der Waals surface area contributed by atoms with Crippen molar-refractivity contribution in [1.82, 2.24) is 4.31 Å². The first kappa shape index (κ1) is 16.7. The van der Waals surface area contributed by atoms with Gasteiger partial charge in [-0.3, -0.25) is 0 Å². The van der Waals surface area contributed by atoms with Crippen molar-refractivity contribution < 1.29 is 13.2 Å². The molecule has 1 saturated heterocycles. The van der Waals surface area contributed by atoms with Gasteiger partial charge in [0.05, 0.1) is 11.0 Å². The van der Waals surface area contributed by atoms with Crippen molar-refractivity contribution >= 4 is 21.6 Å². The molecule has 0 saturated carbocycles. The lowest BCUT2D eigenvalue weighted by molar-refractivity contribution is 0.0290. The number of sulfonamides is 1. The maximum atomic E-state index is 12.6. The van der Waals surface area contributed by atoms with Crippen LogP contribution < -0.4 is 5.73 Å². The Morgan fingerprint density at radius 2 is 2.05 bits per heavy atom. The number of halogens is 1. The minimum absolute atomic E-state index is 0.157. The van der Waals surface area contributed by atoms with E-state index < -0.39 is 10.0 Å². The second-order valence-electron chi connectivity index (χ2n) is 5.02. The van der Waals surface area contributed by atoms with E-state index in [2.05, 4.69) is 0 Å². The fraction of sp³-hybridized carbons (Fsp3) is 0.571. The zero-order valence-corrected chi connectivity index (χ0v) is 13.7. The molecule has 118 valence electrons. The molecule has 0 radical (unpaired) electrons. The van der Waals surface area contributed by atoms with E-state index in [0.29, 0.717) is 31.3 Å². The normalized spacial score (nSPS) is 18.0. The monoisotopic (exact) mass is 332 g/mol. The zero-order valence-electron chi connectivity index (χ0n) is 12.1. The molecule has 1 fully saturated rings. The van der Waals surface area contributed by atoms with E-state index in [1.165, 1.54) is 10.4 Å². The Hall–Kier alpha value is -0.660. The lowest BCUT2D eigenvalue weighted by Crippen LogP contribution is -2.40. The highest BCUT2D eigenvalue weighted by atomic mass is 35.5. The molecule has 0 aromatic heterocycles. The summed E-state index contributed by atoms with van der Waals surface area (Å²) in [6.07, 6.45) is 1.60. The van der Waals surface area contributed by atoms with Crippen LogP contribution in [0.5, 0.6) is 0 Å². The Bertz CT molecular complexity index is 584. The molecule has 21 heavy (non-hydrogen) atoms. The molecule has 5 nitrogen and oxygen atoms in total. The van der Waals surface area contributed by atoms with Crippen LogP contribution in [0.2, 0.25) is 5.02 Å². The summed E-state index contributed by atoms with van der Waals surface area (Å²) in [6.45, 7) is 3.85. The molecule has 0 unspecified atom stereocenters. The van der Waals surface area contributed by atoms with Crippen LogP contribution in [0, 0.1) is 0 Å². The zero-order chi connectivity index (χ0) is 15.5. The van der Waals surface area contributed by atoms with Gasteiger partial charge in [-0.1, -0.05) is 17.7 Å². The third kappa shape index (κ3) is 3.76. The van der Waals surface area contributed by atoms with Crippen molar-refractivity contribution in [3.8, 4) is 0 Å². The van der Waals surface area contributed by atoms with Gasteiger partial charge in [0.1, 0.15) is 0 Å². The predicted molar refractivity (Wildman–Crippen MR) is 82.8 cm³/mol. The third-order valence-corrected chi connectivity index (χ3v) is 5.93. The second kappa shape index (κ2) is 7.07. The minimum atomic E-state index is -3.50. The van der Waals surface area contributed by atoms with Crippen molar-refractivity contribution in [3.63, 3.8) is 0 Å². The highest BCUT2D eigenvalue weighted by molar-refractivity contribution is 7.89. The van der Waals surface area contributed by atoms with Gasteiger partial charge in [0.25, 0.3) is 0 Å². The summed E-state index contributed by atoms with van der Waals surface area (Å²) in [5.41, 5.74) is 6.28. The van der Waals surface area contributed by atoms with E-state index >= 15 is 0 Å². The van der Waals surface area contributed by atoms with Gasteiger partial charge in [0.15, 0.2) is 0 Å². The van der Waals surface area contributed by atoms with E-state index in [-0.39, 0.29) is 11.0 Å². The third-order valence-electron chi connectivity index (χ3n) is 3.69. The average molecular weight is 333 g/mol. The largest absolute Gasteiger partial charge is 0.378 e. The van der Waals surface area contributed by atoms with Crippen LogP contribution >= 0.6 is 11.6 Å². The first-order valence-corrected chi connectivity index (χ1v) is 8.91. The van der Waals surface area contributed by atoms with E-state index in [0.717, 1.165) is 18.4 Å². The molecule has 0 spiro atoms. The summed E-state index contributed by atoms with van der Waals surface area (Å²) in [6, 6.07) is 4.72. The Labute approximate surface area is 131 Å². The van der Waals surface area contributed by atoms with Crippen molar-refractivity contribution in [1.29, 1.82) is 0 Å². The Morgan fingerprint density at radius 1 is 1.38 bits per heavy atom. The van der Waals surface area contributed by atoms with Crippen molar-refractivity contribution in [2.75, 3.05) is 19.7 Å². The summed E-state index contributed by atoms with van der Waals surface area (Å²) < 4.78 is 32.2. The second-order valence-corrected chi connectivity index (χ2v) is 7.36. The SMILES string of the molecule is CCOC1CCN(S(=O)(=O)c2ccc(CN)c(Cl)c2)CC1. The molecule has 1 aliphatic heterocycles. The van der Waals surface area contributed by atoms with Crippen molar-refractivity contribution in [2.45, 2.75) is 37.3 Å². The first-order chi connectivity index (χ1) is 9.98. The van der Waals surface area contributed by atoms with Crippen LogP contribution in [0.3, 0.4) is 0 Å². The first-order valence-electron chi connectivity index (χ1n) is 7.09. The quantitative estimate of drug-likeness (QED) is 0.895. The molecule has 7 heteroatoms. The van der Waals surface area contributed by atoms with Crippen LogP contribution in [-0.4, -0.2) is 38.5 Å². The molecule has 0 aliphatic carbocycles.